The zero-order chi connectivity index (χ0) is 16.7. The molecule has 4 nitrogen and oxygen atoms in total. The van der Waals surface area contributed by atoms with Crippen molar-refractivity contribution in [3.05, 3.63) is 22.4 Å². The standard InChI is InChI=1S/C18H27NO3S/c1-13(15-9-10-23-12-15)18(22)19-16(7-8-17(20)21)11-14-5-3-2-4-6-14/h9-10,12-14,16H,2-8,11H2,1H3,(H,19,22)(H,20,21). The first-order chi connectivity index (χ1) is 11.1. The molecule has 0 bridgehead atoms. The van der Waals surface area contributed by atoms with Gasteiger partial charge in [0.1, 0.15) is 0 Å². The Labute approximate surface area is 142 Å². The number of carbonyl (C=O) groups is 2. The smallest absolute Gasteiger partial charge is 0.303 e. The minimum atomic E-state index is -0.793. The second-order valence-electron chi connectivity index (χ2n) is 6.66. The molecule has 1 aliphatic carbocycles. The molecule has 0 spiro atoms. The van der Waals surface area contributed by atoms with Gasteiger partial charge in [-0.15, -0.1) is 0 Å². The van der Waals surface area contributed by atoms with E-state index in [0.717, 1.165) is 12.0 Å². The maximum Gasteiger partial charge on any atom is 0.303 e. The molecule has 23 heavy (non-hydrogen) atoms. The second-order valence-corrected chi connectivity index (χ2v) is 7.44. The summed E-state index contributed by atoms with van der Waals surface area (Å²) in [4.78, 5) is 23.4. The van der Waals surface area contributed by atoms with Crippen molar-refractivity contribution in [1.29, 1.82) is 0 Å². The minimum absolute atomic E-state index is 0.00889. The predicted molar refractivity (Wildman–Crippen MR) is 92.7 cm³/mol. The molecular weight excluding hydrogens is 310 g/mol. The summed E-state index contributed by atoms with van der Waals surface area (Å²) in [6, 6.07) is 1.95. The molecule has 0 saturated heterocycles. The van der Waals surface area contributed by atoms with Crippen molar-refractivity contribution in [2.45, 2.75) is 70.3 Å². The molecule has 1 aliphatic rings. The largest absolute Gasteiger partial charge is 0.481 e. The highest BCUT2D eigenvalue weighted by molar-refractivity contribution is 7.08. The Morgan fingerprint density at radius 3 is 2.70 bits per heavy atom. The van der Waals surface area contributed by atoms with Gasteiger partial charge in [-0.2, -0.15) is 11.3 Å². The van der Waals surface area contributed by atoms with Gasteiger partial charge in [0, 0.05) is 12.5 Å². The van der Waals surface area contributed by atoms with Crippen molar-refractivity contribution < 1.29 is 14.7 Å². The molecule has 1 aromatic heterocycles. The van der Waals surface area contributed by atoms with Crippen LogP contribution in [0, 0.1) is 5.92 Å². The van der Waals surface area contributed by atoms with Crippen LogP contribution in [-0.2, 0) is 9.59 Å². The Morgan fingerprint density at radius 1 is 1.35 bits per heavy atom. The maximum absolute atomic E-state index is 12.5. The van der Waals surface area contributed by atoms with Crippen LogP contribution in [0.3, 0.4) is 0 Å². The number of amides is 1. The summed E-state index contributed by atoms with van der Waals surface area (Å²) in [5.74, 6) is -0.340. The molecule has 5 heteroatoms. The average Bonchev–Trinajstić information content (AvgIpc) is 3.07. The van der Waals surface area contributed by atoms with Crippen LogP contribution in [0.2, 0.25) is 0 Å². The summed E-state index contributed by atoms with van der Waals surface area (Å²) < 4.78 is 0. The van der Waals surface area contributed by atoms with Crippen LogP contribution in [0.15, 0.2) is 16.8 Å². The molecule has 2 rings (SSSR count). The molecule has 2 N–H and O–H groups in total. The Balaban J connectivity index is 1.92. The first-order valence-electron chi connectivity index (χ1n) is 8.60. The molecule has 1 heterocycles. The van der Waals surface area contributed by atoms with E-state index in [-0.39, 0.29) is 24.3 Å². The van der Waals surface area contributed by atoms with Crippen molar-refractivity contribution in [3.8, 4) is 0 Å². The van der Waals surface area contributed by atoms with Crippen LogP contribution in [0.25, 0.3) is 0 Å². The van der Waals surface area contributed by atoms with Crippen LogP contribution in [0.4, 0.5) is 0 Å². The molecule has 1 fully saturated rings. The minimum Gasteiger partial charge on any atom is -0.481 e. The summed E-state index contributed by atoms with van der Waals surface area (Å²) in [5.41, 5.74) is 1.03. The quantitative estimate of drug-likeness (QED) is 0.748. The average molecular weight is 337 g/mol. The Bertz CT molecular complexity index is 494. The van der Waals surface area contributed by atoms with E-state index in [2.05, 4.69) is 5.32 Å². The predicted octanol–water partition coefficient (Wildman–Crippen LogP) is 4.17. The van der Waals surface area contributed by atoms with Gasteiger partial charge in [0.05, 0.1) is 5.92 Å². The first kappa shape index (κ1) is 18.0. The van der Waals surface area contributed by atoms with E-state index in [0.29, 0.717) is 12.3 Å². The van der Waals surface area contributed by atoms with E-state index in [1.807, 2.05) is 23.8 Å². The maximum atomic E-state index is 12.5. The third-order valence-corrected chi connectivity index (χ3v) is 5.53. The third-order valence-electron chi connectivity index (χ3n) is 4.83. The van der Waals surface area contributed by atoms with E-state index < -0.39 is 5.97 Å². The van der Waals surface area contributed by atoms with E-state index in [4.69, 9.17) is 5.11 Å². The van der Waals surface area contributed by atoms with Crippen LogP contribution < -0.4 is 5.32 Å². The van der Waals surface area contributed by atoms with Crippen LogP contribution in [-0.4, -0.2) is 23.0 Å². The number of hydrogen-bond acceptors (Lipinski definition) is 3. The Kier molecular flexibility index (Phi) is 7.09. The normalized spacial score (nSPS) is 18.3. The summed E-state index contributed by atoms with van der Waals surface area (Å²) >= 11 is 1.59. The molecule has 1 amide bonds. The number of carboxylic acids is 1. The lowest BCUT2D eigenvalue weighted by molar-refractivity contribution is -0.137. The fourth-order valence-electron chi connectivity index (χ4n) is 3.37. The van der Waals surface area contributed by atoms with Gasteiger partial charge in [-0.1, -0.05) is 32.1 Å². The molecule has 1 saturated carbocycles. The lowest BCUT2D eigenvalue weighted by Gasteiger charge is -2.27. The van der Waals surface area contributed by atoms with E-state index in [9.17, 15) is 9.59 Å². The zero-order valence-electron chi connectivity index (χ0n) is 13.8. The summed E-state index contributed by atoms with van der Waals surface area (Å²) in [7, 11) is 0. The van der Waals surface area contributed by atoms with Gasteiger partial charge in [0.15, 0.2) is 0 Å². The number of rotatable bonds is 8. The zero-order valence-corrected chi connectivity index (χ0v) is 14.6. The number of hydrogen-bond donors (Lipinski definition) is 2. The number of carbonyl (C=O) groups excluding carboxylic acids is 1. The third kappa shape index (κ3) is 5.98. The summed E-state index contributed by atoms with van der Waals surface area (Å²) in [5, 5.41) is 16.0. The van der Waals surface area contributed by atoms with E-state index >= 15 is 0 Å². The van der Waals surface area contributed by atoms with Crippen molar-refractivity contribution in [1.82, 2.24) is 5.32 Å². The van der Waals surface area contributed by atoms with Crippen molar-refractivity contribution in [2.75, 3.05) is 0 Å². The molecule has 2 atom stereocenters. The summed E-state index contributed by atoms with van der Waals surface area (Å²) in [6.45, 7) is 1.91. The van der Waals surface area contributed by atoms with Crippen LogP contribution >= 0.6 is 11.3 Å². The Hall–Kier alpha value is -1.36. The van der Waals surface area contributed by atoms with Gasteiger partial charge in [-0.25, -0.2) is 0 Å². The van der Waals surface area contributed by atoms with E-state index in [1.54, 1.807) is 11.3 Å². The molecule has 0 radical (unpaired) electrons. The van der Waals surface area contributed by atoms with Gasteiger partial charge in [-0.3, -0.25) is 9.59 Å². The highest BCUT2D eigenvalue weighted by atomic mass is 32.1. The van der Waals surface area contributed by atoms with Gasteiger partial charge in [-0.05, 0) is 48.1 Å². The summed E-state index contributed by atoms with van der Waals surface area (Å²) in [6.07, 6.45) is 7.79. The second kappa shape index (κ2) is 9.06. The molecule has 0 aromatic carbocycles. The number of thiophene rings is 1. The Morgan fingerprint density at radius 2 is 2.09 bits per heavy atom. The fourth-order valence-corrected chi connectivity index (χ4v) is 4.12. The van der Waals surface area contributed by atoms with Crippen molar-refractivity contribution in [2.24, 2.45) is 5.92 Å². The van der Waals surface area contributed by atoms with Crippen LogP contribution in [0.1, 0.15) is 69.8 Å². The molecule has 1 aromatic rings. The van der Waals surface area contributed by atoms with E-state index in [1.165, 1.54) is 32.1 Å². The highest BCUT2D eigenvalue weighted by Gasteiger charge is 2.23. The molecule has 128 valence electrons. The SMILES string of the molecule is CC(C(=O)NC(CCC(=O)O)CC1CCCCC1)c1ccsc1. The molecule has 0 aliphatic heterocycles. The van der Waals surface area contributed by atoms with Crippen molar-refractivity contribution >= 4 is 23.2 Å². The molecule has 2 unspecified atom stereocenters. The van der Waals surface area contributed by atoms with Gasteiger partial charge in [0.25, 0.3) is 0 Å². The fraction of sp³-hybridized carbons (Fsp3) is 0.667. The van der Waals surface area contributed by atoms with Gasteiger partial charge >= 0.3 is 5.97 Å². The van der Waals surface area contributed by atoms with Gasteiger partial charge in [0.2, 0.25) is 5.91 Å². The van der Waals surface area contributed by atoms with Crippen molar-refractivity contribution in [3.63, 3.8) is 0 Å². The monoisotopic (exact) mass is 337 g/mol. The molecular formula is C18H27NO3S. The van der Waals surface area contributed by atoms with Gasteiger partial charge < -0.3 is 10.4 Å². The highest BCUT2D eigenvalue weighted by Crippen LogP contribution is 2.28. The van der Waals surface area contributed by atoms with Crippen LogP contribution in [0.5, 0.6) is 0 Å². The lowest BCUT2D eigenvalue weighted by atomic mass is 9.84. The lowest BCUT2D eigenvalue weighted by Crippen LogP contribution is -2.39. The number of carboxylic acid groups (broad SMARTS) is 1. The number of nitrogens with one attached hydrogen (secondary N) is 1. The first-order valence-corrected chi connectivity index (χ1v) is 9.54. The topological polar surface area (TPSA) is 66.4 Å². The number of aliphatic carboxylic acids is 1.